The van der Waals surface area contributed by atoms with Gasteiger partial charge in [0, 0.05) is 19.8 Å². The maximum atomic E-state index is 12.9. The molecule has 1 aliphatic rings. The Morgan fingerprint density at radius 2 is 2.00 bits per heavy atom. The lowest BCUT2D eigenvalue weighted by Crippen LogP contribution is -2.65. The second-order valence-electron chi connectivity index (χ2n) is 5.60. The molecule has 0 aliphatic carbocycles. The molecule has 114 valence electrons. The molecule has 1 aromatic rings. The van der Waals surface area contributed by atoms with Crippen LogP contribution in [0.25, 0.3) is 0 Å². The Labute approximate surface area is 125 Å². The molecule has 5 heteroatoms. The molecule has 1 N–H and O–H groups in total. The van der Waals surface area contributed by atoms with Crippen LogP contribution < -0.4 is 5.32 Å². The van der Waals surface area contributed by atoms with Crippen molar-refractivity contribution in [2.45, 2.75) is 31.8 Å². The molecule has 21 heavy (non-hydrogen) atoms. The third-order valence-electron chi connectivity index (χ3n) is 4.01. The molecule has 2 unspecified atom stereocenters. The Balaban J connectivity index is 2.27. The highest BCUT2D eigenvalue weighted by Crippen LogP contribution is 2.27. The molecular formula is C16H22N2O3. The summed E-state index contributed by atoms with van der Waals surface area (Å²) in [6.45, 7) is 4.37. The number of amides is 2. The molecule has 0 spiro atoms. The fraction of sp³-hybridized carbons (Fsp3) is 0.500. The van der Waals surface area contributed by atoms with E-state index in [-0.39, 0.29) is 24.4 Å². The van der Waals surface area contributed by atoms with Crippen LogP contribution in [0.15, 0.2) is 30.3 Å². The molecule has 2 rings (SSSR count). The number of carbonyl (C=O) groups excluding carboxylic acids is 2. The molecule has 1 aromatic carbocycles. The third kappa shape index (κ3) is 3.08. The summed E-state index contributed by atoms with van der Waals surface area (Å²) < 4.78 is 5.06. The van der Waals surface area contributed by atoms with Crippen LogP contribution >= 0.6 is 0 Å². The molecule has 0 saturated carbocycles. The molecule has 0 bridgehead atoms. The van der Waals surface area contributed by atoms with Crippen LogP contribution in [0.1, 0.15) is 25.8 Å². The smallest absolute Gasteiger partial charge is 0.253 e. The number of hydrogen-bond donors (Lipinski definition) is 1. The van der Waals surface area contributed by atoms with Crippen LogP contribution in [0.3, 0.4) is 0 Å². The van der Waals surface area contributed by atoms with Gasteiger partial charge in [0.15, 0.2) is 0 Å². The fourth-order valence-electron chi connectivity index (χ4n) is 2.65. The minimum Gasteiger partial charge on any atom is -0.385 e. The highest BCUT2D eigenvalue weighted by molar-refractivity contribution is 5.98. The van der Waals surface area contributed by atoms with Crippen LogP contribution in [0.2, 0.25) is 0 Å². The van der Waals surface area contributed by atoms with Crippen molar-refractivity contribution in [3.05, 3.63) is 35.9 Å². The zero-order valence-corrected chi connectivity index (χ0v) is 12.8. The van der Waals surface area contributed by atoms with E-state index in [1.54, 1.807) is 18.9 Å². The van der Waals surface area contributed by atoms with Gasteiger partial charge in [-0.15, -0.1) is 0 Å². The zero-order valence-electron chi connectivity index (χ0n) is 12.8. The minimum absolute atomic E-state index is 0.0356. The Hall–Kier alpha value is -1.88. The summed E-state index contributed by atoms with van der Waals surface area (Å²) in [6, 6.07) is 9.32. The summed E-state index contributed by atoms with van der Waals surface area (Å²) in [5.41, 5.74) is -0.204. The number of carbonyl (C=O) groups is 2. The van der Waals surface area contributed by atoms with E-state index in [2.05, 4.69) is 5.32 Å². The standard InChI is InChI=1S/C16H22N2O3/c1-12(9-10-21-3)18-11-14(19)17-16(2,15(18)20)13-7-5-4-6-8-13/h4-8,12H,9-11H2,1-3H3,(H,17,19). The van der Waals surface area contributed by atoms with Crippen molar-refractivity contribution < 1.29 is 14.3 Å². The molecule has 1 heterocycles. The average molecular weight is 290 g/mol. The maximum absolute atomic E-state index is 12.9. The minimum atomic E-state index is -1.00. The molecule has 1 aliphatic heterocycles. The number of methoxy groups -OCH3 is 1. The van der Waals surface area contributed by atoms with Crippen molar-refractivity contribution >= 4 is 11.8 Å². The number of nitrogens with one attached hydrogen (secondary N) is 1. The van der Waals surface area contributed by atoms with Gasteiger partial charge in [-0.1, -0.05) is 30.3 Å². The van der Waals surface area contributed by atoms with Gasteiger partial charge in [-0.25, -0.2) is 0 Å². The number of piperazine rings is 1. The normalized spacial score (nSPS) is 23.9. The van der Waals surface area contributed by atoms with E-state index < -0.39 is 5.54 Å². The van der Waals surface area contributed by atoms with E-state index in [0.29, 0.717) is 13.0 Å². The van der Waals surface area contributed by atoms with Gasteiger partial charge in [0.05, 0.1) is 6.54 Å². The lowest BCUT2D eigenvalue weighted by Gasteiger charge is -2.42. The Kier molecular flexibility index (Phi) is 4.63. The summed E-state index contributed by atoms with van der Waals surface area (Å²) in [4.78, 5) is 26.6. The van der Waals surface area contributed by atoms with Crippen LogP contribution in [-0.2, 0) is 19.9 Å². The molecule has 1 saturated heterocycles. The first-order chi connectivity index (χ1) is 9.99. The summed E-state index contributed by atoms with van der Waals surface area (Å²) in [5.74, 6) is -0.206. The van der Waals surface area contributed by atoms with E-state index in [0.717, 1.165) is 5.56 Å². The van der Waals surface area contributed by atoms with Crippen LogP contribution in [0, 0.1) is 0 Å². The number of rotatable bonds is 5. The monoisotopic (exact) mass is 290 g/mol. The van der Waals surface area contributed by atoms with Crippen molar-refractivity contribution in [3.8, 4) is 0 Å². The predicted octanol–water partition coefficient (Wildman–Crippen LogP) is 1.29. The second kappa shape index (κ2) is 6.26. The van der Waals surface area contributed by atoms with E-state index in [9.17, 15) is 9.59 Å². The highest BCUT2D eigenvalue weighted by atomic mass is 16.5. The second-order valence-corrected chi connectivity index (χ2v) is 5.60. The Morgan fingerprint density at radius 3 is 2.62 bits per heavy atom. The number of nitrogens with zero attached hydrogens (tertiary/aromatic N) is 1. The van der Waals surface area contributed by atoms with E-state index in [4.69, 9.17) is 4.74 Å². The number of hydrogen-bond acceptors (Lipinski definition) is 3. The lowest BCUT2D eigenvalue weighted by molar-refractivity contribution is -0.152. The van der Waals surface area contributed by atoms with Gasteiger partial charge in [0.2, 0.25) is 5.91 Å². The van der Waals surface area contributed by atoms with Gasteiger partial charge in [0.1, 0.15) is 5.54 Å². The number of benzene rings is 1. The van der Waals surface area contributed by atoms with Crippen molar-refractivity contribution in [3.63, 3.8) is 0 Å². The highest BCUT2D eigenvalue weighted by Gasteiger charge is 2.45. The first-order valence-electron chi connectivity index (χ1n) is 7.15. The molecular weight excluding hydrogens is 268 g/mol. The summed E-state index contributed by atoms with van der Waals surface area (Å²) in [6.07, 6.45) is 0.709. The first kappa shape index (κ1) is 15.5. The molecule has 5 nitrogen and oxygen atoms in total. The molecule has 0 aromatic heterocycles. The zero-order chi connectivity index (χ0) is 15.5. The van der Waals surface area contributed by atoms with Crippen LogP contribution in [0.5, 0.6) is 0 Å². The molecule has 2 amide bonds. The first-order valence-corrected chi connectivity index (χ1v) is 7.15. The summed E-state index contributed by atoms with van der Waals surface area (Å²) in [5, 5.41) is 2.84. The van der Waals surface area contributed by atoms with Crippen LogP contribution in [-0.4, -0.2) is 43.0 Å². The molecule has 0 radical (unpaired) electrons. The van der Waals surface area contributed by atoms with Gasteiger partial charge in [0.25, 0.3) is 5.91 Å². The van der Waals surface area contributed by atoms with Crippen molar-refractivity contribution in [2.75, 3.05) is 20.3 Å². The Morgan fingerprint density at radius 1 is 1.33 bits per heavy atom. The quantitative estimate of drug-likeness (QED) is 0.889. The average Bonchev–Trinajstić information content (AvgIpc) is 2.49. The lowest BCUT2D eigenvalue weighted by atomic mass is 9.88. The van der Waals surface area contributed by atoms with Crippen LogP contribution in [0.4, 0.5) is 0 Å². The van der Waals surface area contributed by atoms with E-state index in [1.165, 1.54) is 0 Å². The fourth-order valence-corrected chi connectivity index (χ4v) is 2.65. The van der Waals surface area contributed by atoms with Gasteiger partial charge in [-0.05, 0) is 25.8 Å². The maximum Gasteiger partial charge on any atom is 0.253 e. The van der Waals surface area contributed by atoms with Crippen molar-refractivity contribution in [2.24, 2.45) is 0 Å². The van der Waals surface area contributed by atoms with Crippen molar-refractivity contribution in [1.82, 2.24) is 10.2 Å². The predicted molar refractivity (Wildman–Crippen MR) is 79.6 cm³/mol. The largest absolute Gasteiger partial charge is 0.385 e. The van der Waals surface area contributed by atoms with E-state index in [1.807, 2.05) is 37.3 Å². The molecule has 1 fully saturated rings. The Bertz CT molecular complexity index is 518. The van der Waals surface area contributed by atoms with Crippen molar-refractivity contribution in [1.29, 1.82) is 0 Å². The van der Waals surface area contributed by atoms with Gasteiger partial charge < -0.3 is 15.0 Å². The summed E-state index contributed by atoms with van der Waals surface area (Å²) >= 11 is 0. The van der Waals surface area contributed by atoms with Gasteiger partial charge in [-0.2, -0.15) is 0 Å². The van der Waals surface area contributed by atoms with Gasteiger partial charge in [-0.3, -0.25) is 9.59 Å². The van der Waals surface area contributed by atoms with Gasteiger partial charge >= 0.3 is 0 Å². The van der Waals surface area contributed by atoms with E-state index >= 15 is 0 Å². The SMILES string of the molecule is COCCC(C)N1CC(=O)NC(C)(c2ccccc2)C1=O. The number of ether oxygens (including phenoxy) is 1. The third-order valence-corrected chi connectivity index (χ3v) is 4.01. The topological polar surface area (TPSA) is 58.6 Å². The summed E-state index contributed by atoms with van der Waals surface area (Å²) in [7, 11) is 1.63. The molecule has 2 atom stereocenters.